The van der Waals surface area contributed by atoms with Crippen molar-refractivity contribution in [3.05, 3.63) is 33.5 Å². The van der Waals surface area contributed by atoms with Crippen molar-refractivity contribution >= 4 is 15.9 Å². The second-order valence-corrected chi connectivity index (χ2v) is 6.56. The van der Waals surface area contributed by atoms with Gasteiger partial charge in [0.1, 0.15) is 5.82 Å². The van der Waals surface area contributed by atoms with E-state index in [1.165, 1.54) is 5.56 Å². The average molecular weight is 314 g/mol. The van der Waals surface area contributed by atoms with Crippen molar-refractivity contribution in [3.8, 4) is 0 Å². The highest BCUT2D eigenvalue weighted by Gasteiger charge is 2.37. The van der Waals surface area contributed by atoms with Crippen LogP contribution in [0.2, 0.25) is 0 Å². The van der Waals surface area contributed by atoms with Gasteiger partial charge < -0.3 is 5.73 Å². The van der Waals surface area contributed by atoms with Gasteiger partial charge in [-0.1, -0.05) is 32.8 Å². The zero-order valence-corrected chi connectivity index (χ0v) is 12.7. The van der Waals surface area contributed by atoms with Gasteiger partial charge in [0.15, 0.2) is 0 Å². The quantitative estimate of drug-likeness (QED) is 0.874. The lowest BCUT2D eigenvalue weighted by atomic mass is 9.77. The molecule has 1 saturated carbocycles. The van der Waals surface area contributed by atoms with Crippen molar-refractivity contribution in [2.45, 2.75) is 50.9 Å². The Hall–Kier alpha value is -0.410. The van der Waals surface area contributed by atoms with E-state index in [1.807, 2.05) is 12.1 Å². The first-order valence-electron chi connectivity index (χ1n) is 6.69. The van der Waals surface area contributed by atoms with Crippen LogP contribution in [-0.2, 0) is 5.41 Å². The fourth-order valence-electron chi connectivity index (χ4n) is 2.96. The maximum Gasteiger partial charge on any atom is 0.141 e. The van der Waals surface area contributed by atoms with Crippen LogP contribution in [0.15, 0.2) is 16.6 Å². The van der Waals surface area contributed by atoms with Crippen LogP contribution in [0.3, 0.4) is 0 Å². The van der Waals surface area contributed by atoms with Crippen molar-refractivity contribution in [2.75, 3.05) is 6.54 Å². The van der Waals surface area contributed by atoms with E-state index in [0.717, 1.165) is 31.2 Å². The summed E-state index contributed by atoms with van der Waals surface area (Å²) in [4.78, 5) is 0. The van der Waals surface area contributed by atoms with E-state index in [2.05, 4.69) is 29.8 Å². The minimum atomic E-state index is -0.141. The predicted molar refractivity (Wildman–Crippen MR) is 77.4 cm³/mol. The maximum absolute atomic E-state index is 14.4. The van der Waals surface area contributed by atoms with E-state index in [1.54, 1.807) is 0 Å². The molecule has 18 heavy (non-hydrogen) atoms. The van der Waals surface area contributed by atoms with Crippen LogP contribution in [0, 0.1) is 5.82 Å². The van der Waals surface area contributed by atoms with Gasteiger partial charge in [0.05, 0.1) is 4.47 Å². The van der Waals surface area contributed by atoms with Gasteiger partial charge in [-0.2, -0.15) is 0 Å². The summed E-state index contributed by atoms with van der Waals surface area (Å²) in [6.07, 6.45) is 4.32. The molecule has 0 atom stereocenters. The van der Waals surface area contributed by atoms with Crippen molar-refractivity contribution in [1.82, 2.24) is 0 Å². The molecule has 1 aliphatic carbocycles. The fourth-order valence-corrected chi connectivity index (χ4v) is 3.44. The molecule has 0 saturated heterocycles. The number of benzene rings is 1. The first kappa shape index (κ1) is 14.0. The monoisotopic (exact) mass is 313 g/mol. The molecule has 0 aromatic heterocycles. The molecule has 0 amide bonds. The summed E-state index contributed by atoms with van der Waals surface area (Å²) < 4.78 is 15.0. The largest absolute Gasteiger partial charge is 0.330 e. The normalized spacial score (nSPS) is 18.6. The summed E-state index contributed by atoms with van der Waals surface area (Å²) in [6.45, 7) is 4.80. The number of hydrogen-bond acceptors (Lipinski definition) is 1. The van der Waals surface area contributed by atoms with Gasteiger partial charge >= 0.3 is 0 Å². The number of halogens is 2. The van der Waals surface area contributed by atoms with Crippen LogP contribution >= 0.6 is 15.9 Å². The second kappa shape index (κ2) is 5.30. The van der Waals surface area contributed by atoms with E-state index >= 15 is 0 Å². The average Bonchev–Trinajstić information content (AvgIpc) is 2.82. The molecule has 1 aromatic carbocycles. The molecular formula is C15H21BrFN. The summed E-state index contributed by atoms with van der Waals surface area (Å²) >= 11 is 3.35. The van der Waals surface area contributed by atoms with Crippen LogP contribution < -0.4 is 5.73 Å². The third kappa shape index (κ3) is 2.35. The Morgan fingerprint density at radius 1 is 1.33 bits per heavy atom. The van der Waals surface area contributed by atoms with Crippen molar-refractivity contribution in [2.24, 2.45) is 5.73 Å². The molecule has 1 aromatic rings. The Morgan fingerprint density at radius 3 is 2.44 bits per heavy atom. The molecule has 3 heteroatoms. The summed E-state index contributed by atoms with van der Waals surface area (Å²) in [6, 6.07) is 3.92. The predicted octanol–water partition coefficient (Wildman–Crippen LogP) is 4.48. The third-order valence-corrected chi connectivity index (χ3v) is 4.82. The minimum absolute atomic E-state index is 0.119. The van der Waals surface area contributed by atoms with Crippen LogP contribution in [0.4, 0.5) is 4.39 Å². The SMILES string of the molecule is CC(C)c1cc(Br)c(F)c(C2(CN)CCCC2)c1. The van der Waals surface area contributed by atoms with Gasteiger partial charge in [-0.25, -0.2) is 4.39 Å². The van der Waals surface area contributed by atoms with Crippen LogP contribution in [0.25, 0.3) is 0 Å². The smallest absolute Gasteiger partial charge is 0.141 e. The molecule has 0 bridgehead atoms. The van der Waals surface area contributed by atoms with E-state index < -0.39 is 0 Å². The van der Waals surface area contributed by atoms with Gasteiger partial charge in [-0.15, -0.1) is 0 Å². The Bertz CT molecular complexity index is 436. The van der Waals surface area contributed by atoms with Crippen molar-refractivity contribution in [1.29, 1.82) is 0 Å². The Kier molecular flexibility index (Phi) is 4.12. The fraction of sp³-hybridized carbons (Fsp3) is 0.600. The van der Waals surface area contributed by atoms with E-state index in [-0.39, 0.29) is 11.2 Å². The lowest BCUT2D eigenvalue weighted by Gasteiger charge is -2.29. The summed E-state index contributed by atoms with van der Waals surface area (Å²) in [5.41, 5.74) is 7.82. The van der Waals surface area contributed by atoms with Crippen molar-refractivity contribution < 1.29 is 4.39 Å². The van der Waals surface area contributed by atoms with E-state index in [9.17, 15) is 4.39 Å². The molecular weight excluding hydrogens is 293 g/mol. The molecule has 2 rings (SSSR count). The van der Waals surface area contributed by atoms with E-state index in [0.29, 0.717) is 16.9 Å². The molecule has 0 heterocycles. The van der Waals surface area contributed by atoms with Crippen LogP contribution in [0.5, 0.6) is 0 Å². The van der Waals surface area contributed by atoms with Gasteiger partial charge in [-0.05, 0) is 51.9 Å². The first-order valence-corrected chi connectivity index (χ1v) is 7.49. The molecule has 1 aliphatic rings. The molecule has 1 fully saturated rings. The molecule has 0 radical (unpaired) electrons. The Labute approximate surface area is 117 Å². The van der Waals surface area contributed by atoms with Gasteiger partial charge in [-0.3, -0.25) is 0 Å². The van der Waals surface area contributed by atoms with Crippen molar-refractivity contribution in [3.63, 3.8) is 0 Å². The number of nitrogens with two attached hydrogens (primary N) is 1. The molecule has 0 unspecified atom stereocenters. The number of hydrogen-bond donors (Lipinski definition) is 1. The third-order valence-electron chi connectivity index (χ3n) is 4.24. The molecule has 0 aliphatic heterocycles. The summed E-state index contributed by atoms with van der Waals surface area (Å²) in [7, 11) is 0. The highest BCUT2D eigenvalue weighted by Crippen LogP contribution is 2.43. The lowest BCUT2D eigenvalue weighted by molar-refractivity contribution is 0.424. The summed E-state index contributed by atoms with van der Waals surface area (Å²) in [5.74, 6) is 0.281. The standard InChI is InChI=1S/C15H21BrFN/c1-10(2)11-7-12(14(17)13(16)8-11)15(9-18)5-3-4-6-15/h7-8,10H,3-6,9,18H2,1-2H3. The minimum Gasteiger partial charge on any atom is -0.330 e. The van der Waals surface area contributed by atoms with Crippen LogP contribution in [-0.4, -0.2) is 6.54 Å². The topological polar surface area (TPSA) is 26.0 Å². The zero-order chi connectivity index (χ0) is 13.3. The highest BCUT2D eigenvalue weighted by molar-refractivity contribution is 9.10. The second-order valence-electron chi connectivity index (χ2n) is 5.71. The van der Waals surface area contributed by atoms with Gasteiger partial charge in [0.2, 0.25) is 0 Å². The number of rotatable bonds is 3. The Balaban J connectivity index is 2.54. The summed E-state index contributed by atoms with van der Waals surface area (Å²) in [5, 5.41) is 0. The van der Waals surface area contributed by atoms with E-state index in [4.69, 9.17) is 5.73 Å². The molecule has 0 spiro atoms. The molecule has 1 nitrogen and oxygen atoms in total. The lowest BCUT2D eigenvalue weighted by Crippen LogP contribution is -2.33. The molecule has 2 N–H and O–H groups in total. The van der Waals surface area contributed by atoms with Crippen LogP contribution in [0.1, 0.15) is 56.6 Å². The van der Waals surface area contributed by atoms with Gasteiger partial charge in [0, 0.05) is 12.0 Å². The maximum atomic E-state index is 14.4. The molecule has 100 valence electrons. The van der Waals surface area contributed by atoms with Gasteiger partial charge in [0.25, 0.3) is 0 Å². The Morgan fingerprint density at radius 2 is 1.94 bits per heavy atom. The zero-order valence-electron chi connectivity index (χ0n) is 11.1. The first-order chi connectivity index (χ1) is 8.50. The highest BCUT2D eigenvalue weighted by atomic mass is 79.9.